The molecule has 0 heterocycles. The van der Waals surface area contributed by atoms with E-state index in [2.05, 4.69) is 0 Å². The van der Waals surface area contributed by atoms with Crippen molar-refractivity contribution in [2.24, 2.45) is 17.8 Å². The first kappa shape index (κ1) is 17.8. The zero-order valence-electron chi connectivity index (χ0n) is 12.3. The summed E-state index contributed by atoms with van der Waals surface area (Å²) in [7, 11) is 0. The standard InChI is InChI=1S/C14H22F3NO3/c1-3-5-18(8-14(15,16)17)12(19)10-6-9(4-2)7-11(10)13(20)21/h9-11H,3-8H2,1-2H3,(H,20,21). The number of halogens is 3. The van der Waals surface area contributed by atoms with Crippen LogP contribution < -0.4 is 0 Å². The van der Waals surface area contributed by atoms with Gasteiger partial charge in [0, 0.05) is 6.54 Å². The number of nitrogens with zero attached hydrogens (tertiary/aromatic N) is 1. The zero-order chi connectivity index (χ0) is 16.2. The fourth-order valence-corrected chi connectivity index (χ4v) is 3.01. The highest BCUT2D eigenvalue weighted by molar-refractivity contribution is 5.85. The van der Waals surface area contributed by atoms with Gasteiger partial charge in [0.15, 0.2) is 0 Å². The van der Waals surface area contributed by atoms with Crippen LogP contribution in [0.3, 0.4) is 0 Å². The molecule has 0 spiro atoms. The van der Waals surface area contributed by atoms with Crippen LogP contribution in [0.5, 0.6) is 0 Å². The summed E-state index contributed by atoms with van der Waals surface area (Å²) in [6.07, 6.45) is -2.59. The second kappa shape index (κ2) is 7.13. The van der Waals surface area contributed by atoms with Crippen molar-refractivity contribution >= 4 is 11.9 Å². The molecule has 0 aromatic rings. The SMILES string of the molecule is CCCN(CC(F)(F)F)C(=O)C1CC(CC)CC1C(=O)O. The summed E-state index contributed by atoms with van der Waals surface area (Å²) in [5.74, 6) is -3.36. The molecule has 1 rings (SSSR count). The molecule has 1 N–H and O–H groups in total. The highest BCUT2D eigenvalue weighted by Gasteiger charge is 2.45. The largest absolute Gasteiger partial charge is 0.481 e. The van der Waals surface area contributed by atoms with Gasteiger partial charge in [-0.3, -0.25) is 9.59 Å². The summed E-state index contributed by atoms with van der Waals surface area (Å²) in [4.78, 5) is 24.4. The first-order chi connectivity index (χ1) is 9.69. The quantitative estimate of drug-likeness (QED) is 0.820. The van der Waals surface area contributed by atoms with Gasteiger partial charge in [-0.1, -0.05) is 20.3 Å². The Morgan fingerprint density at radius 1 is 1.19 bits per heavy atom. The number of amides is 1. The van der Waals surface area contributed by atoms with Crippen LogP contribution in [0.2, 0.25) is 0 Å². The van der Waals surface area contributed by atoms with Gasteiger partial charge in [-0.05, 0) is 25.2 Å². The molecule has 1 fully saturated rings. The average Bonchev–Trinajstić information content (AvgIpc) is 2.80. The number of alkyl halides is 3. The molecule has 1 aliphatic carbocycles. The van der Waals surface area contributed by atoms with Crippen molar-refractivity contribution in [1.29, 1.82) is 0 Å². The lowest BCUT2D eigenvalue weighted by Gasteiger charge is -2.27. The Hall–Kier alpha value is -1.27. The molecule has 0 bridgehead atoms. The van der Waals surface area contributed by atoms with Crippen molar-refractivity contribution in [3.05, 3.63) is 0 Å². The van der Waals surface area contributed by atoms with E-state index in [4.69, 9.17) is 0 Å². The Kier molecular flexibility index (Phi) is 6.04. The minimum atomic E-state index is -4.47. The summed E-state index contributed by atoms with van der Waals surface area (Å²) >= 11 is 0. The number of rotatable bonds is 6. The Morgan fingerprint density at radius 3 is 2.19 bits per heavy atom. The normalized spacial score (nSPS) is 25.9. The topological polar surface area (TPSA) is 57.6 Å². The molecule has 0 aromatic carbocycles. The van der Waals surface area contributed by atoms with E-state index in [1.54, 1.807) is 6.92 Å². The van der Waals surface area contributed by atoms with Crippen LogP contribution in [-0.4, -0.2) is 41.1 Å². The minimum Gasteiger partial charge on any atom is -0.481 e. The number of aliphatic carboxylic acids is 1. The lowest BCUT2D eigenvalue weighted by Crippen LogP contribution is -2.44. The predicted octanol–water partition coefficient (Wildman–Crippen LogP) is 2.92. The Balaban J connectivity index is 2.87. The zero-order valence-corrected chi connectivity index (χ0v) is 12.3. The number of carbonyl (C=O) groups excluding carboxylic acids is 1. The van der Waals surface area contributed by atoms with E-state index in [1.165, 1.54) is 0 Å². The fraction of sp³-hybridized carbons (Fsp3) is 0.857. The van der Waals surface area contributed by atoms with Crippen LogP contribution in [0.4, 0.5) is 13.2 Å². The van der Waals surface area contributed by atoms with Gasteiger partial charge in [0.05, 0.1) is 11.8 Å². The van der Waals surface area contributed by atoms with Crippen LogP contribution in [0.15, 0.2) is 0 Å². The first-order valence-corrected chi connectivity index (χ1v) is 7.27. The molecule has 1 amide bonds. The van der Waals surface area contributed by atoms with E-state index in [9.17, 15) is 27.9 Å². The van der Waals surface area contributed by atoms with Crippen LogP contribution in [0.25, 0.3) is 0 Å². The number of carboxylic acids is 1. The number of hydrogen-bond acceptors (Lipinski definition) is 2. The van der Waals surface area contributed by atoms with Gasteiger partial charge in [-0.15, -0.1) is 0 Å². The lowest BCUT2D eigenvalue weighted by molar-refractivity contribution is -0.166. The average molecular weight is 309 g/mol. The molecule has 0 aromatic heterocycles. The summed E-state index contributed by atoms with van der Waals surface area (Å²) in [6, 6.07) is 0. The molecule has 21 heavy (non-hydrogen) atoms. The van der Waals surface area contributed by atoms with Crippen molar-refractivity contribution < 1.29 is 27.9 Å². The molecule has 0 aliphatic heterocycles. The maximum atomic E-state index is 12.6. The van der Waals surface area contributed by atoms with E-state index in [0.29, 0.717) is 19.3 Å². The van der Waals surface area contributed by atoms with Crippen molar-refractivity contribution in [3.8, 4) is 0 Å². The number of hydrogen-bond donors (Lipinski definition) is 1. The second-order valence-electron chi connectivity index (χ2n) is 5.67. The summed E-state index contributed by atoms with van der Waals surface area (Å²) in [5, 5.41) is 9.20. The van der Waals surface area contributed by atoms with Crippen molar-refractivity contribution in [2.45, 2.75) is 45.7 Å². The summed E-state index contributed by atoms with van der Waals surface area (Å²) < 4.78 is 37.7. The van der Waals surface area contributed by atoms with Gasteiger partial charge in [-0.25, -0.2) is 0 Å². The molecule has 4 nitrogen and oxygen atoms in total. The summed E-state index contributed by atoms with van der Waals surface area (Å²) in [5.41, 5.74) is 0. The van der Waals surface area contributed by atoms with Crippen LogP contribution in [-0.2, 0) is 9.59 Å². The van der Waals surface area contributed by atoms with Crippen LogP contribution in [0.1, 0.15) is 39.5 Å². The molecule has 7 heteroatoms. The molecule has 3 atom stereocenters. The number of carbonyl (C=O) groups is 2. The predicted molar refractivity (Wildman–Crippen MR) is 70.6 cm³/mol. The van der Waals surface area contributed by atoms with Gasteiger partial charge < -0.3 is 10.0 Å². The van der Waals surface area contributed by atoms with Crippen LogP contribution in [0, 0.1) is 17.8 Å². The monoisotopic (exact) mass is 309 g/mol. The van der Waals surface area contributed by atoms with Crippen molar-refractivity contribution in [1.82, 2.24) is 4.90 Å². The molecule has 122 valence electrons. The molecular weight excluding hydrogens is 287 g/mol. The Labute approximate surface area is 122 Å². The Bertz CT molecular complexity index is 384. The summed E-state index contributed by atoms with van der Waals surface area (Å²) in [6.45, 7) is 2.28. The van der Waals surface area contributed by atoms with Gasteiger partial charge in [0.1, 0.15) is 6.54 Å². The maximum absolute atomic E-state index is 12.6. The molecule has 1 aliphatic rings. The minimum absolute atomic E-state index is 0.00201. The molecule has 0 saturated heterocycles. The van der Waals surface area contributed by atoms with Gasteiger partial charge in [-0.2, -0.15) is 13.2 Å². The Morgan fingerprint density at radius 2 is 1.76 bits per heavy atom. The highest BCUT2D eigenvalue weighted by Crippen LogP contribution is 2.39. The van der Waals surface area contributed by atoms with Gasteiger partial charge in [0.25, 0.3) is 0 Å². The smallest absolute Gasteiger partial charge is 0.406 e. The second-order valence-corrected chi connectivity index (χ2v) is 5.67. The fourth-order valence-electron chi connectivity index (χ4n) is 3.01. The molecule has 1 saturated carbocycles. The molecular formula is C14H22F3NO3. The number of carboxylic acid groups (broad SMARTS) is 1. The van der Waals surface area contributed by atoms with E-state index < -0.39 is 36.4 Å². The van der Waals surface area contributed by atoms with Crippen LogP contribution >= 0.6 is 0 Å². The highest BCUT2D eigenvalue weighted by atomic mass is 19.4. The van der Waals surface area contributed by atoms with Gasteiger partial charge >= 0.3 is 12.1 Å². The van der Waals surface area contributed by atoms with Gasteiger partial charge in [0.2, 0.25) is 5.91 Å². The third kappa shape index (κ3) is 4.89. The molecule has 0 radical (unpaired) electrons. The van der Waals surface area contributed by atoms with E-state index in [0.717, 1.165) is 11.3 Å². The van der Waals surface area contributed by atoms with E-state index in [1.807, 2.05) is 6.92 Å². The van der Waals surface area contributed by atoms with Crippen molar-refractivity contribution in [3.63, 3.8) is 0 Å². The maximum Gasteiger partial charge on any atom is 0.406 e. The van der Waals surface area contributed by atoms with E-state index in [-0.39, 0.29) is 12.5 Å². The van der Waals surface area contributed by atoms with E-state index >= 15 is 0 Å². The third-order valence-electron chi connectivity index (χ3n) is 4.05. The third-order valence-corrected chi connectivity index (χ3v) is 4.05. The lowest BCUT2D eigenvalue weighted by atomic mass is 9.94. The first-order valence-electron chi connectivity index (χ1n) is 7.27. The molecule has 3 unspecified atom stereocenters. The van der Waals surface area contributed by atoms with Crippen molar-refractivity contribution in [2.75, 3.05) is 13.1 Å².